The van der Waals surface area contributed by atoms with Crippen molar-refractivity contribution in [2.24, 2.45) is 0 Å². The third-order valence-corrected chi connectivity index (χ3v) is 4.84. The molecule has 0 aromatic heterocycles. The van der Waals surface area contributed by atoms with E-state index in [1.807, 2.05) is 36.4 Å². The third-order valence-electron chi connectivity index (χ3n) is 4.06. The van der Waals surface area contributed by atoms with E-state index in [4.69, 9.17) is 4.74 Å². The molecular weight excluding hydrogens is 316 g/mol. The molecule has 3 heteroatoms. The van der Waals surface area contributed by atoms with Gasteiger partial charge in [-0.05, 0) is 47.7 Å². The van der Waals surface area contributed by atoms with Gasteiger partial charge in [-0.3, -0.25) is 0 Å². The van der Waals surface area contributed by atoms with Crippen LogP contribution >= 0.6 is 15.9 Å². The molecule has 0 amide bonds. The van der Waals surface area contributed by atoms with Crippen LogP contribution in [0.25, 0.3) is 0 Å². The predicted molar refractivity (Wildman–Crippen MR) is 83.1 cm³/mol. The maximum absolute atomic E-state index is 11.0. The molecule has 0 saturated heterocycles. The highest BCUT2D eigenvalue weighted by Crippen LogP contribution is 2.40. The highest BCUT2D eigenvalue weighted by molar-refractivity contribution is 9.10. The molecule has 1 aliphatic rings. The lowest BCUT2D eigenvalue weighted by molar-refractivity contribution is 0.0388. The van der Waals surface area contributed by atoms with Crippen LogP contribution in [0, 0.1) is 0 Å². The van der Waals surface area contributed by atoms with Crippen molar-refractivity contribution < 1.29 is 9.84 Å². The molecule has 20 heavy (non-hydrogen) atoms. The Balaban J connectivity index is 1.96. The standard InChI is InChI=1S/C17H17BrO2/c1-20-14-6-7-16(18)13(10-14)11-17(19)9-8-12-4-2-3-5-15(12)17/h2-7,10,19H,8-9,11H2,1H3. The molecule has 0 bridgehead atoms. The Labute approximate surface area is 127 Å². The van der Waals surface area contributed by atoms with Crippen LogP contribution in [0.15, 0.2) is 46.9 Å². The van der Waals surface area contributed by atoms with Gasteiger partial charge in [0.1, 0.15) is 5.75 Å². The molecule has 1 atom stereocenters. The number of halogens is 1. The molecule has 0 saturated carbocycles. The van der Waals surface area contributed by atoms with E-state index in [0.717, 1.165) is 34.2 Å². The van der Waals surface area contributed by atoms with Gasteiger partial charge < -0.3 is 9.84 Å². The molecule has 2 nitrogen and oxygen atoms in total. The smallest absolute Gasteiger partial charge is 0.119 e. The lowest BCUT2D eigenvalue weighted by atomic mass is 9.89. The molecule has 1 N–H and O–H groups in total. The van der Waals surface area contributed by atoms with Crippen molar-refractivity contribution in [3.05, 3.63) is 63.6 Å². The fraction of sp³-hybridized carbons (Fsp3) is 0.294. The number of rotatable bonds is 3. The summed E-state index contributed by atoms with van der Waals surface area (Å²) in [4.78, 5) is 0. The van der Waals surface area contributed by atoms with Gasteiger partial charge in [-0.15, -0.1) is 0 Å². The van der Waals surface area contributed by atoms with Gasteiger partial charge in [0.15, 0.2) is 0 Å². The van der Waals surface area contributed by atoms with Crippen molar-refractivity contribution in [3.8, 4) is 5.75 Å². The van der Waals surface area contributed by atoms with Gasteiger partial charge in [0.05, 0.1) is 12.7 Å². The van der Waals surface area contributed by atoms with Crippen LogP contribution in [0.3, 0.4) is 0 Å². The summed E-state index contributed by atoms with van der Waals surface area (Å²) in [6, 6.07) is 14.0. The van der Waals surface area contributed by atoms with E-state index in [0.29, 0.717) is 6.42 Å². The minimum Gasteiger partial charge on any atom is -0.497 e. The topological polar surface area (TPSA) is 29.5 Å². The van der Waals surface area contributed by atoms with E-state index in [-0.39, 0.29) is 0 Å². The normalized spacial score (nSPS) is 20.8. The Kier molecular flexibility index (Phi) is 3.57. The van der Waals surface area contributed by atoms with E-state index < -0.39 is 5.60 Å². The molecule has 1 aliphatic carbocycles. The zero-order chi connectivity index (χ0) is 14.2. The van der Waals surface area contributed by atoms with Gasteiger partial charge in [-0.25, -0.2) is 0 Å². The number of aliphatic hydroxyl groups is 1. The van der Waals surface area contributed by atoms with Crippen molar-refractivity contribution in [1.82, 2.24) is 0 Å². The van der Waals surface area contributed by atoms with Crippen LogP contribution in [0.4, 0.5) is 0 Å². The Morgan fingerprint density at radius 2 is 2.05 bits per heavy atom. The molecule has 0 aliphatic heterocycles. The minimum atomic E-state index is -0.772. The van der Waals surface area contributed by atoms with E-state index >= 15 is 0 Å². The first-order valence-electron chi connectivity index (χ1n) is 6.75. The second-order valence-electron chi connectivity index (χ2n) is 5.32. The second-order valence-corrected chi connectivity index (χ2v) is 6.18. The Morgan fingerprint density at radius 3 is 2.85 bits per heavy atom. The molecule has 0 spiro atoms. The van der Waals surface area contributed by atoms with Crippen LogP contribution in [0.2, 0.25) is 0 Å². The summed E-state index contributed by atoms with van der Waals surface area (Å²) < 4.78 is 6.28. The number of hydrogen-bond acceptors (Lipinski definition) is 2. The van der Waals surface area contributed by atoms with Gasteiger partial charge in [0.2, 0.25) is 0 Å². The Hall–Kier alpha value is -1.32. The van der Waals surface area contributed by atoms with Gasteiger partial charge in [0, 0.05) is 10.9 Å². The molecule has 3 rings (SSSR count). The van der Waals surface area contributed by atoms with Gasteiger partial charge in [0.25, 0.3) is 0 Å². The molecular formula is C17H17BrO2. The zero-order valence-electron chi connectivity index (χ0n) is 11.4. The molecule has 1 unspecified atom stereocenters. The van der Waals surface area contributed by atoms with Crippen molar-refractivity contribution in [1.29, 1.82) is 0 Å². The van der Waals surface area contributed by atoms with Crippen molar-refractivity contribution in [2.75, 3.05) is 7.11 Å². The van der Waals surface area contributed by atoms with Gasteiger partial charge in [-0.1, -0.05) is 40.2 Å². The Morgan fingerprint density at radius 1 is 1.25 bits per heavy atom. The maximum atomic E-state index is 11.0. The first kappa shape index (κ1) is 13.7. The second kappa shape index (κ2) is 5.23. The van der Waals surface area contributed by atoms with Crippen LogP contribution in [-0.4, -0.2) is 12.2 Å². The minimum absolute atomic E-state index is 0.599. The summed E-state index contributed by atoms with van der Waals surface area (Å²) in [5.41, 5.74) is 2.62. The monoisotopic (exact) mass is 332 g/mol. The largest absolute Gasteiger partial charge is 0.497 e. The summed E-state index contributed by atoms with van der Waals surface area (Å²) in [6.45, 7) is 0. The summed E-state index contributed by atoms with van der Waals surface area (Å²) in [5, 5.41) is 11.0. The molecule has 104 valence electrons. The molecule has 0 heterocycles. The predicted octanol–water partition coefficient (Wildman–Crippen LogP) is 3.83. The van der Waals surface area contributed by atoms with Crippen molar-refractivity contribution in [3.63, 3.8) is 0 Å². The quantitative estimate of drug-likeness (QED) is 0.925. The molecule has 2 aromatic carbocycles. The SMILES string of the molecule is COc1ccc(Br)c(CC2(O)CCc3ccccc32)c1. The van der Waals surface area contributed by atoms with Crippen molar-refractivity contribution >= 4 is 15.9 Å². The number of ether oxygens (including phenoxy) is 1. The number of aryl methyl sites for hydroxylation is 1. The number of benzene rings is 2. The summed E-state index contributed by atoms with van der Waals surface area (Å²) in [7, 11) is 1.66. The van der Waals surface area contributed by atoms with E-state index in [1.165, 1.54) is 5.56 Å². The fourth-order valence-electron chi connectivity index (χ4n) is 2.98. The number of fused-ring (bicyclic) bond motifs is 1. The van der Waals surface area contributed by atoms with Crippen LogP contribution < -0.4 is 4.74 Å². The summed E-state index contributed by atoms with van der Waals surface area (Å²) in [6.07, 6.45) is 2.31. The lowest BCUT2D eigenvalue weighted by Gasteiger charge is -2.25. The third kappa shape index (κ3) is 2.36. The Bertz CT molecular complexity index is 639. The van der Waals surface area contributed by atoms with E-state index in [2.05, 4.69) is 22.0 Å². The highest BCUT2D eigenvalue weighted by atomic mass is 79.9. The molecule has 0 fully saturated rings. The lowest BCUT2D eigenvalue weighted by Crippen LogP contribution is -2.25. The van der Waals surface area contributed by atoms with Crippen LogP contribution in [0.5, 0.6) is 5.75 Å². The molecule has 2 aromatic rings. The van der Waals surface area contributed by atoms with E-state index in [1.54, 1.807) is 7.11 Å². The van der Waals surface area contributed by atoms with Gasteiger partial charge in [-0.2, -0.15) is 0 Å². The number of hydrogen-bond donors (Lipinski definition) is 1. The average Bonchev–Trinajstić information content (AvgIpc) is 2.80. The van der Waals surface area contributed by atoms with Crippen LogP contribution in [0.1, 0.15) is 23.1 Å². The highest BCUT2D eigenvalue weighted by Gasteiger charge is 2.36. The van der Waals surface area contributed by atoms with E-state index in [9.17, 15) is 5.11 Å². The first-order valence-corrected chi connectivity index (χ1v) is 7.55. The summed E-state index contributed by atoms with van der Waals surface area (Å²) >= 11 is 3.56. The number of methoxy groups -OCH3 is 1. The zero-order valence-corrected chi connectivity index (χ0v) is 13.0. The van der Waals surface area contributed by atoms with Crippen LogP contribution in [-0.2, 0) is 18.4 Å². The van der Waals surface area contributed by atoms with Crippen molar-refractivity contribution in [2.45, 2.75) is 24.9 Å². The first-order chi connectivity index (χ1) is 9.62. The molecule has 0 radical (unpaired) electrons. The average molecular weight is 333 g/mol. The summed E-state index contributed by atoms with van der Waals surface area (Å²) in [5.74, 6) is 0.818. The fourth-order valence-corrected chi connectivity index (χ4v) is 3.37. The maximum Gasteiger partial charge on any atom is 0.119 e. The van der Waals surface area contributed by atoms with Gasteiger partial charge >= 0.3 is 0 Å².